The fourth-order valence-corrected chi connectivity index (χ4v) is 2.08. The van der Waals surface area contributed by atoms with Gasteiger partial charge in [-0.1, -0.05) is 0 Å². The maximum absolute atomic E-state index is 11.9. The molecule has 6 heteroatoms. The summed E-state index contributed by atoms with van der Waals surface area (Å²) in [5.41, 5.74) is 7.72. The van der Waals surface area contributed by atoms with Crippen LogP contribution in [0.1, 0.15) is 30.1 Å². The van der Waals surface area contributed by atoms with Gasteiger partial charge in [-0.25, -0.2) is 0 Å². The van der Waals surface area contributed by atoms with E-state index in [9.17, 15) is 9.59 Å². The molecule has 1 aliphatic rings. The number of hydrogen-bond donors (Lipinski definition) is 3. The maximum atomic E-state index is 11.9. The molecule has 2 rings (SSSR count). The molecule has 0 aliphatic heterocycles. The van der Waals surface area contributed by atoms with Crippen LogP contribution in [-0.2, 0) is 4.79 Å². The van der Waals surface area contributed by atoms with Gasteiger partial charge in [0.05, 0.1) is 17.9 Å². The van der Waals surface area contributed by atoms with E-state index in [1.165, 1.54) is 0 Å². The van der Waals surface area contributed by atoms with Gasteiger partial charge < -0.3 is 21.3 Å². The SMILES string of the molecule is CCNC(=O)c1ccc(N)c(N(C)CC(=O)NC2CC2)c1. The Balaban J connectivity index is 2.07. The van der Waals surface area contributed by atoms with Crippen molar-refractivity contribution in [3.8, 4) is 0 Å². The lowest BCUT2D eigenvalue weighted by Crippen LogP contribution is -2.36. The molecule has 0 radical (unpaired) electrons. The number of nitrogens with zero attached hydrogens (tertiary/aromatic N) is 1. The zero-order chi connectivity index (χ0) is 15.4. The Bertz CT molecular complexity index is 540. The number of carbonyl (C=O) groups is 2. The molecule has 1 aliphatic carbocycles. The van der Waals surface area contributed by atoms with Crippen LogP contribution in [0.3, 0.4) is 0 Å². The van der Waals surface area contributed by atoms with Crippen molar-refractivity contribution in [1.29, 1.82) is 0 Å². The van der Waals surface area contributed by atoms with Crippen LogP contribution in [0.2, 0.25) is 0 Å². The first-order valence-corrected chi connectivity index (χ1v) is 7.19. The first-order valence-electron chi connectivity index (χ1n) is 7.19. The number of rotatable bonds is 6. The van der Waals surface area contributed by atoms with E-state index in [4.69, 9.17) is 5.73 Å². The second-order valence-electron chi connectivity index (χ2n) is 5.33. The molecule has 6 nitrogen and oxygen atoms in total. The zero-order valence-corrected chi connectivity index (χ0v) is 12.5. The summed E-state index contributed by atoms with van der Waals surface area (Å²) in [5, 5.41) is 5.68. The highest BCUT2D eigenvalue weighted by Crippen LogP contribution is 2.24. The summed E-state index contributed by atoms with van der Waals surface area (Å²) < 4.78 is 0. The average molecular weight is 290 g/mol. The van der Waals surface area contributed by atoms with Crippen LogP contribution < -0.4 is 21.3 Å². The Hall–Kier alpha value is -2.24. The van der Waals surface area contributed by atoms with Gasteiger partial charge >= 0.3 is 0 Å². The Morgan fingerprint density at radius 3 is 2.71 bits per heavy atom. The molecule has 1 aromatic carbocycles. The van der Waals surface area contributed by atoms with Gasteiger partial charge in [0.2, 0.25) is 5.91 Å². The van der Waals surface area contributed by atoms with E-state index in [0.717, 1.165) is 12.8 Å². The fraction of sp³-hybridized carbons (Fsp3) is 0.467. The Morgan fingerprint density at radius 2 is 2.10 bits per heavy atom. The summed E-state index contributed by atoms with van der Waals surface area (Å²) in [6, 6.07) is 5.42. The molecule has 1 aromatic rings. The monoisotopic (exact) mass is 290 g/mol. The summed E-state index contributed by atoms with van der Waals surface area (Å²) in [6.45, 7) is 2.65. The highest BCUT2D eigenvalue weighted by Gasteiger charge is 2.24. The lowest BCUT2D eigenvalue weighted by Gasteiger charge is -2.21. The highest BCUT2D eigenvalue weighted by molar-refractivity contribution is 5.96. The highest BCUT2D eigenvalue weighted by atomic mass is 16.2. The van der Waals surface area contributed by atoms with Gasteiger partial charge in [0.15, 0.2) is 0 Å². The normalized spacial score (nSPS) is 13.6. The van der Waals surface area contributed by atoms with E-state index < -0.39 is 0 Å². The molecule has 4 N–H and O–H groups in total. The number of benzene rings is 1. The minimum atomic E-state index is -0.144. The minimum Gasteiger partial charge on any atom is -0.397 e. The molecule has 0 bridgehead atoms. The van der Waals surface area contributed by atoms with Gasteiger partial charge in [0.1, 0.15) is 0 Å². The second-order valence-corrected chi connectivity index (χ2v) is 5.33. The smallest absolute Gasteiger partial charge is 0.251 e. The number of nitrogens with one attached hydrogen (secondary N) is 2. The van der Waals surface area contributed by atoms with Crippen LogP contribution in [0.4, 0.5) is 11.4 Å². The van der Waals surface area contributed by atoms with Crippen LogP contribution in [0, 0.1) is 0 Å². The van der Waals surface area contributed by atoms with Crippen molar-refractivity contribution in [2.24, 2.45) is 0 Å². The molecule has 21 heavy (non-hydrogen) atoms. The van der Waals surface area contributed by atoms with E-state index in [1.54, 1.807) is 30.1 Å². The standard InChI is InChI=1S/C15H22N4O2/c1-3-17-15(21)10-4-7-12(16)13(8-10)19(2)9-14(20)18-11-5-6-11/h4,7-8,11H,3,5-6,9,16H2,1-2H3,(H,17,21)(H,18,20). The molecule has 1 saturated carbocycles. The average Bonchev–Trinajstić information content (AvgIpc) is 3.23. The van der Waals surface area contributed by atoms with Gasteiger partial charge in [0.25, 0.3) is 5.91 Å². The molecule has 0 aromatic heterocycles. The van der Waals surface area contributed by atoms with Crippen molar-refractivity contribution < 1.29 is 9.59 Å². The number of likely N-dealkylation sites (N-methyl/N-ethyl adjacent to an activating group) is 1. The quantitative estimate of drug-likeness (QED) is 0.674. The van der Waals surface area contributed by atoms with Crippen LogP contribution >= 0.6 is 0 Å². The number of amides is 2. The topological polar surface area (TPSA) is 87.5 Å². The molecule has 0 saturated heterocycles. The summed E-state index contributed by atoms with van der Waals surface area (Å²) in [7, 11) is 1.79. The summed E-state index contributed by atoms with van der Waals surface area (Å²) >= 11 is 0. The van der Waals surface area contributed by atoms with E-state index in [1.807, 2.05) is 6.92 Å². The lowest BCUT2D eigenvalue weighted by molar-refractivity contribution is -0.119. The minimum absolute atomic E-state index is 0.0252. The molecule has 0 unspecified atom stereocenters. The predicted molar refractivity (Wildman–Crippen MR) is 83.3 cm³/mol. The van der Waals surface area contributed by atoms with Crippen molar-refractivity contribution in [3.05, 3.63) is 23.8 Å². The third-order valence-electron chi connectivity index (χ3n) is 3.36. The summed E-state index contributed by atoms with van der Waals surface area (Å²) in [5.74, 6) is -0.169. The number of hydrogen-bond acceptors (Lipinski definition) is 4. The van der Waals surface area contributed by atoms with E-state index in [2.05, 4.69) is 10.6 Å². The molecule has 0 atom stereocenters. The van der Waals surface area contributed by atoms with Crippen molar-refractivity contribution in [3.63, 3.8) is 0 Å². The largest absolute Gasteiger partial charge is 0.397 e. The van der Waals surface area contributed by atoms with Gasteiger partial charge in [-0.15, -0.1) is 0 Å². The van der Waals surface area contributed by atoms with Crippen LogP contribution in [-0.4, -0.2) is 38.0 Å². The Kier molecular flexibility index (Phi) is 4.67. The number of carbonyl (C=O) groups excluding carboxylic acids is 2. The molecule has 2 amide bonds. The van der Waals surface area contributed by atoms with Gasteiger partial charge in [-0.05, 0) is 38.0 Å². The Morgan fingerprint density at radius 1 is 1.38 bits per heavy atom. The van der Waals surface area contributed by atoms with E-state index >= 15 is 0 Å². The van der Waals surface area contributed by atoms with Crippen molar-refractivity contribution >= 4 is 23.2 Å². The number of anilines is 2. The van der Waals surface area contributed by atoms with Gasteiger partial charge in [0, 0.05) is 25.2 Å². The van der Waals surface area contributed by atoms with Crippen LogP contribution in [0.5, 0.6) is 0 Å². The lowest BCUT2D eigenvalue weighted by atomic mass is 10.1. The number of nitrogen functional groups attached to an aromatic ring is 1. The van der Waals surface area contributed by atoms with Gasteiger partial charge in [-0.2, -0.15) is 0 Å². The third-order valence-corrected chi connectivity index (χ3v) is 3.36. The molecule has 114 valence electrons. The van der Waals surface area contributed by atoms with E-state index in [-0.39, 0.29) is 18.4 Å². The molecular formula is C15H22N4O2. The first-order chi connectivity index (χ1) is 10.0. The van der Waals surface area contributed by atoms with Crippen molar-refractivity contribution in [2.75, 3.05) is 30.8 Å². The molecule has 1 fully saturated rings. The number of nitrogens with two attached hydrogens (primary N) is 1. The van der Waals surface area contributed by atoms with Crippen LogP contribution in [0.25, 0.3) is 0 Å². The predicted octanol–water partition coefficient (Wildman–Crippen LogP) is 0.733. The fourth-order valence-electron chi connectivity index (χ4n) is 2.08. The molecule has 0 heterocycles. The zero-order valence-electron chi connectivity index (χ0n) is 12.5. The molecular weight excluding hydrogens is 268 g/mol. The van der Waals surface area contributed by atoms with E-state index in [0.29, 0.717) is 29.5 Å². The van der Waals surface area contributed by atoms with Crippen LogP contribution in [0.15, 0.2) is 18.2 Å². The third kappa shape index (κ3) is 4.11. The van der Waals surface area contributed by atoms with Crippen molar-refractivity contribution in [2.45, 2.75) is 25.8 Å². The molecule has 0 spiro atoms. The second kappa shape index (κ2) is 6.47. The summed E-state index contributed by atoms with van der Waals surface area (Å²) in [6.07, 6.45) is 2.12. The maximum Gasteiger partial charge on any atom is 0.251 e. The van der Waals surface area contributed by atoms with Crippen molar-refractivity contribution in [1.82, 2.24) is 10.6 Å². The summed E-state index contributed by atoms with van der Waals surface area (Å²) in [4.78, 5) is 25.5. The van der Waals surface area contributed by atoms with Gasteiger partial charge in [-0.3, -0.25) is 9.59 Å². The Labute approximate surface area is 124 Å². The first kappa shape index (κ1) is 15.2.